The fourth-order valence-electron chi connectivity index (χ4n) is 3.19. The van der Waals surface area contributed by atoms with Crippen LogP contribution in [0.5, 0.6) is 0 Å². The van der Waals surface area contributed by atoms with Crippen LogP contribution >= 0.6 is 11.6 Å². The Balaban J connectivity index is 2.18. The van der Waals surface area contributed by atoms with Crippen LogP contribution in [-0.4, -0.2) is 7.05 Å². The van der Waals surface area contributed by atoms with Gasteiger partial charge in [0.05, 0.1) is 0 Å². The van der Waals surface area contributed by atoms with Gasteiger partial charge in [0.1, 0.15) is 5.82 Å². The molecule has 0 heterocycles. The van der Waals surface area contributed by atoms with Crippen molar-refractivity contribution < 1.29 is 4.39 Å². The van der Waals surface area contributed by atoms with Crippen molar-refractivity contribution in [1.82, 2.24) is 5.32 Å². The number of nitrogens with one attached hydrogen (secondary N) is 1. The smallest absolute Gasteiger partial charge is 0.129 e. The first-order chi connectivity index (χ1) is 8.65. The molecule has 1 nitrogen and oxygen atoms in total. The van der Waals surface area contributed by atoms with Crippen molar-refractivity contribution in [1.29, 1.82) is 0 Å². The molecule has 1 saturated carbocycles. The number of rotatable bonds is 4. The molecule has 0 radical (unpaired) electrons. The zero-order valence-electron chi connectivity index (χ0n) is 11.0. The van der Waals surface area contributed by atoms with E-state index in [9.17, 15) is 4.39 Å². The molecular formula is C15H21ClFN. The lowest BCUT2D eigenvalue weighted by Crippen LogP contribution is -2.24. The van der Waals surface area contributed by atoms with Crippen molar-refractivity contribution in [3.8, 4) is 0 Å². The molecular weight excluding hydrogens is 249 g/mol. The topological polar surface area (TPSA) is 12.0 Å². The first-order valence-electron chi connectivity index (χ1n) is 6.78. The van der Waals surface area contributed by atoms with Gasteiger partial charge in [-0.05, 0) is 43.9 Å². The molecule has 1 aromatic rings. The van der Waals surface area contributed by atoms with E-state index in [4.69, 9.17) is 11.6 Å². The Morgan fingerprint density at radius 1 is 1.44 bits per heavy atom. The lowest BCUT2D eigenvalue weighted by atomic mass is 9.90. The van der Waals surface area contributed by atoms with Crippen molar-refractivity contribution in [2.45, 2.75) is 38.6 Å². The zero-order chi connectivity index (χ0) is 13.1. The molecule has 3 heteroatoms. The minimum absolute atomic E-state index is 0.110. The highest BCUT2D eigenvalue weighted by Crippen LogP contribution is 2.40. The molecule has 0 bridgehead atoms. The summed E-state index contributed by atoms with van der Waals surface area (Å²) in [6, 6.07) is 5.11. The second kappa shape index (κ2) is 6.03. The van der Waals surface area contributed by atoms with Gasteiger partial charge in [0.25, 0.3) is 0 Å². The van der Waals surface area contributed by atoms with E-state index in [0.29, 0.717) is 10.9 Å². The van der Waals surface area contributed by atoms with Crippen LogP contribution in [0.25, 0.3) is 0 Å². The van der Waals surface area contributed by atoms with Gasteiger partial charge in [-0.25, -0.2) is 4.39 Å². The molecule has 1 aliphatic rings. The van der Waals surface area contributed by atoms with Crippen LogP contribution in [0, 0.1) is 17.7 Å². The molecule has 1 aliphatic carbocycles. The monoisotopic (exact) mass is 269 g/mol. The molecule has 1 aromatic carbocycles. The highest BCUT2D eigenvalue weighted by Gasteiger charge is 2.31. The highest BCUT2D eigenvalue weighted by molar-refractivity contribution is 6.30. The Kier molecular flexibility index (Phi) is 4.63. The third-order valence-corrected chi connectivity index (χ3v) is 4.47. The van der Waals surface area contributed by atoms with Crippen LogP contribution in [0.4, 0.5) is 4.39 Å². The summed E-state index contributed by atoms with van der Waals surface area (Å²) in [5, 5.41) is 3.74. The molecule has 0 spiro atoms. The minimum atomic E-state index is -0.193. The summed E-state index contributed by atoms with van der Waals surface area (Å²) in [6.45, 7) is 2.24. The average Bonchev–Trinajstić information content (AvgIpc) is 2.81. The zero-order valence-corrected chi connectivity index (χ0v) is 11.8. The van der Waals surface area contributed by atoms with Crippen LogP contribution in [0.3, 0.4) is 0 Å². The minimum Gasteiger partial charge on any atom is -0.313 e. The number of hydrogen-bond donors (Lipinski definition) is 1. The number of benzene rings is 1. The van der Waals surface area contributed by atoms with Crippen LogP contribution in [0.15, 0.2) is 18.2 Å². The maximum Gasteiger partial charge on any atom is 0.129 e. The Morgan fingerprint density at radius 2 is 2.22 bits per heavy atom. The molecule has 100 valence electrons. The molecule has 0 saturated heterocycles. The summed E-state index contributed by atoms with van der Waals surface area (Å²) >= 11 is 5.81. The van der Waals surface area contributed by atoms with Gasteiger partial charge in [0.15, 0.2) is 0 Å². The van der Waals surface area contributed by atoms with Gasteiger partial charge in [-0.2, -0.15) is 0 Å². The summed E-state index contributed by atoms with van der Waals surface area (Å²) < 4.78 is 14.0. The Labute approximate surface area is 114 Å². The third-order valence-electron chi connectivity index (χ3n) is 4.24. The summed E-state index contributed by atoms with van der Waals surface area (Å²) in [6.07, 6.45) is 4.89. The molecule has 1 fully saturated rings. The summed E-state index contributed by atoms with van der Waals surface area (Å²) in [7, 11) is 1.91. The molecule has 3 atom stereocenters. The molecule has 1 N–H and O–H groups in total. The average molecular weight is 270 g/mol. The van der Waals surface area contributed by atoms with Gasteiger partial charge >= 0.3 is 0 Å². The van der Waals surface area contributed by atoms with Crippen molar-refractivity contribution in [2.24, 2.45) is 11.8 Å². The molecule has 3 unspecified atom stereocenters. The largest absolute Gasteiger partial charge is 0.313 e. The van der Waals surface area contributed by atoms with Crippen LogP contribution in [0.1, 0.15) is 44.2 Å². The molecule has 18 heavy (non-hydrogen) atoms. The van der Waals surface area contributed by atoms with Crippen LogP contribution in [-0.2, 0) is 0 Å². The lowest BCUT2D eigenvalue weighted by molar-refractivity contribution is 0.362. The van der Waals surface area contributed by atoms with E-state index in [0.717, 1.165) is 11.5 Å². The van der Waals surface area contributed by atoms with E-state index >= 15 is 0 Å². The first-order valence-corrected chi connectivity index (χ1v) is 7.15. The van der Waals surface area contributed by atoms with Crippen LogP contribution in [0.2, 0.25) is 5.02 Å². The second-order valence-electron chi connectivity index (χ2n) is 5.28. The SMILES string of the molecule is CCC1CCC(C(NC)c2ccc(Cl)cc2F)C1. The highest BCUT2D eigenvalue weighted by atomic mass is 35.5. The van der Waals surface area contributed by atoms with Crippen molar-refractivity contribution >= 4 is 11.6 Å². The van der Waals surface area contributed by atoms with Gasteiger partial charge in [-0.3, -0.25) is 0 Å². The number of halogens is 2. The van der Waals surface area contributed by atoms with Crippen LogP contribution < -0.4 is 5.32 Å². The van der Waals surface area contributed by atoms with Crippen molar-refractivity contribution in [3.63, 3.8) is 0 Å². The predicted molar refractivity (Wildman–Crippen MR) is 74.3 cm³/mol. The van der Waals surface area contributed by atoms with Gasteiger partial charge in [0, 0.05) is 16.6 Å². The Bertz CT molecular complexity index is 407. The fraction of sp³-hybridized carbons (Fsp3) is 0.600. The standard InChI is InChI=1S/C15H21ClFN/c1-3-10-4-5-11(8-10)15(18-2)13-7-6-12(16)9-14(13)17/h6-7,9-11,15,18H,3-5,8H2,1-2H3. The third kappa shape index (κ3) is 2.86. The van der Waals surface area contributed by atoms with Crippen molar-refractivity contribution in [3.05, 3.63) is 34.6 Å². The van der Waals surface area contributed by atoms with E-state index < -0.39 is 0 Å². The maximum absolute atomic E-state index is 14.0. The van der Waals surface area contributed by atoms with Crippen molar-refractivity contribution in [2.75, 3.05) is 7.05 Å². The van der Waals surface area contributed by atoms with E-state index in [1.807, 2.05) is 13.1 Å². The van der Waals surface area contributed by atoms with Gasteiger partial charge in [-0.15, -0.1) is 0 Å². The summed E-state index contributed by atoms with van der Waals surface area (Å²) in [5.41, 5.74) is 0.753. The maximum atomic E-state index is 14.0. The van der Waals surface area contributed by atoms with Gasteiger partial charge in [-0.1, -0.05) is 37.4 Å². The van der Waals surface area contributed by atoms with E-state index in [-0.39, 0.29) is 11.9 Å². The summed E-state index contributed by atoms with van der Waals surface area (Å²) in [5.74, 6) is 1.15. The van der Waals surface area contributed by atoms with E-state index in [2.05, 4.69) is 12.2 Å². The normalized spacial score (nSPS) is 25.3. The molecule has 0 aliphatic heterocycles. The molecule has 2 rings (SSSR count). The quantitative estimate of drug-likeness (QED) is 0.845. The van der Waals surface area contributed by atoms with E-state index in [1.165, 1.54) is 31.7 Å². The van der Waals surface area contributed by atoms with Gasteiger partial charge < -0.3 is 5.32 Å². The summed E-state index contributed by atoms with van der Waals surface area (Å²) in [4.78, 5) is 0. The lowest BCUT2D eigenvalue weighted by Gasteiger charge is -2.24. The molecule has 0 aromatic heterocycles. The van der Waals surface area contributed by atoms with Gasteiger partial charge in [0.2, 0.25) is 0 Å². The Morgan fingerprint density at radius 3 is 2.78 bits per heavy atom. The fourth-order valence-corrected chi connectivity index (χ4v) is 3.34. The number of hydrogen-bond acceptors (Lipinski definition) is 1. The first kappa shape index (κ1) is 13.8. The predicted octanol–water partition coefficient (Wildman–Crippen LogP) is 4.57. The second-order valence-corrected chi connectivity index (χ2v) is 5.72. The molecule has 0 amide bonds. The van der Waals surface area contributed by atoms with E-state index in [1.54, 1.807) is 6.07 Å². The Hall–Kier alpha value is -0.600.